The van der Waals surface area contributed by atoms with Gasteiger partial charge in [0.15, 0.2) is 0 Å². The number of hydrazone groups is 1. The number of nitrogens with one attached hydrogen (secondary N) is 1. The van der Waals surface area contributed by atoms with Gasteiger partial charge in [0.2, 0.25) is 0 Å². The van der Waals surface area contributed by atoms with E-state index in [0.29, 0.717) is 16.6 Å². The number of nitrogens with zero attached hydrogens (tertiary/aromatic N) is 3. The van der Waals surface area contributed by atoms with Crippen LogP contribution in [0.4, 0.5) is 0 Å². The van der Waals surface area contributed by atoms with Gasteiger partial charge in [0.1, 0.15) is 0 Å². The Kier molecular flexibility index (Phi) is 7.71. The Labute approximate surface area is 179 Å². The van der Waals surface area contributed by atoms with Crippen LogP contribution in [0, 0.1) is 0 Å². The summed E-state index contributed by atoms with van der Waals surface area (Å²) in [6.45, 7) is 4.59. The normalized spacial score (nSPS) is 15.8. The number of halogens is 3. The van der Waals surface area contributed by atoms with Crippen LogP contribution < -0.4 is 5.43 Å². The molecule has 8 heteroatoms. The van der Waals surface area contributed by atoms with Crippen molar-refractivity contribution in [2.45, 2.75) is 6.54 Å². The second-order valence-electron chi connectivity index (χ2n) is 6.61. The lowest BCUT2D eigenvalue weighted by Crippen LogP contribution is -2.48. The number of carbonyl (C=O) groups is 1. The van der Waals surface area contributed by atoms with Crippen LogP contribution in [0.25, 0.3) is 0 Å². The van der Waals surface area contributed by atoms with Gasteiger partial charge in [0.25, 0.3) is 5.91 Å². The van der Waals surface area contributed by atoms with E-state index in [0.717, 1.165) is 48.9 Å². The zero-order chi connectivity index (χ0) is 19.9. The fraction of sp³-hybridized carbons (Fsp3) is 0.300. The predicted molar refractivity (Wildman–Crippen MR) is 115 cm³/mol. The highest BCUT2D eigenvalue weighted by Gasteiger charge is 2.19. The molecule has 0 saturated carbocycles. The predicted octanol–water partition coefficient (Wildman–Crippen LogP) is 3.91. The van der Waals surface area contributed by atoms with Crippen molar-refractivity contribution in [3.63, 3.8) is 0 Å². The molecule has 5 nitrogen and oxygen atoms in total. The summed E-state index contributed by atoms with van der Waals surface area (Å²) in [5.74, 6) is -0.143. The monoisotopic (exact) mass is 438 g/mol. The number of carbonyl (C=O) groups excluding carboxylic acids is 1. The first-order valence-corrected chi connectivity index (χ1v) is 10.1. The second-order valence-corrected chi connectivity index (χ2v) is 7.83. The molecule has 148 valence electrons. The van der Waals surface area contributed by atoms with Gasteiger partial charge >= 0.3 is 0 Å². The number of benzene rings is 2. The SMILES string of the molecule is O=C(CN1CCN(Cc2ccccc2Cl)CC1)N/N=C/c1ccc(Cl)c(Cl)c1. The van der Waals surface area contributed by atoms with E-state index >= 15 is 0 Å². The van der Waals surface area contributed by atoms with Crippen LogP contribution in [0.1, 0.15) is 11.1 Å². The van der Waals surface area contributed by atoms with Crippen LogP contribution in [-0.4, -0.2) is 54.6 Å². The third-order valence-electron chi connectivity index (χ3n) is 4.53. The minimum Gasteiger partial charge on any atom is -0.296 e. The minimum absolute atomic E-state index is 0.143. The molecule has 2 aromatic rings. The van der Waals surface area contributed by atoms with Gasteiger partial charge in [-0.1, -0.05) is 59.1 Å². The zero-order valence-corrected chi connectivity index (χ0v) is 17.5. The third kappa shape index (κ3) is 6.19. The Balaban J connectivity index is 1.40. The van der Waals surface area contributed by atoms with Gasteiger partial charge in [0, 0.05) is 37.7 Å². The maximum absolute atomic E-state index is 12.1. The van der Waals surface area contributed by atoms with Crippen molar-refractivity contribution in [2.24, 2.45) is 5.10 Å². The Morgan fingerprint density at radius 3 is 2.39 bits per heavy atom. The van der Waals surface area contributed by atoms with E-state index in [9.17, 15) is 4.79 Å². The summed E-state index contributed by atoms with van der Waals surface area (Å²) in [6.07, 6.45) is 1.54. The maximum Gasteiger partial charge on any atom is 0.254 e. The van der Waals surface area contributed by atoms with E-state index in [1.165, 1.54) is 0 Å². The smallest absolute Gasteiger partial charge is 0.254 e. The molecule has 0 atom stereocenters. The Bertz CT molecular complexity index is 851. The van der Waals surface area contributed by atoms with Crippen LogP contribution >= 0.6 is 34.8 Å². The lowest BCUT2D eigenvalue weighted by Gasteiger charge is -2.34. The molecule has 1 saturated heterocycles. The summed E-state index contributed by atoms with van der Waals surface area (Å²) >= 11 is 18.1. The van der Waals surface area contributed by atoms with Crippen molar-refractivity contribution >= 4 is 46.9 Å². The Morgan fingerprint density at radius 2 is 1.68 bits per heavy atom. The number of amides is 1. The van der Waals surface area contributed by atoms with E-state index in [-0.39, 0.29) is 5.91 Å². The second kappa shape index (κ2) is 10.2. The largest absolute Gasteiger partial charge is 0.296 e. The summed E-state index contributed by atoms with van der Waals surface area (Å²) in [5, 5.41) is 5.71. The lowest BCUT2D eigenvalue weighted by atomic mass is 10.2. The van der Waals surface area contributed by atoms with Gasteiger partial charge in [-0.05, 0) is 29.3 Å². The Morgan fingerprint density at radius 1 is 0.964 bits per heavy atom. The summed E-state index contributed by atoms with van der Waals surface area (Å²) in [4.78, 5) is 16.6. The van der Waals surface area contributed by atoms with E-state index in [1.807, 2.05) is 24.3 Å². The van der Waals surface area contributed by atoms with Gasteiger partial charge in [0.05, 0.1) is 22.8 Å². The molecule has 0 unspecified atom stereocenters. The van der Waals surface area contributed by atoms with E-state index in [2.05, 4.69) is 20.3 Å². The maximum atomic E-state index is 12.1. The number of rotatable bonds is 6. The molecule has 3 rings (SSSR count). The molecule has 1 aliphatic rings. The third-order valence-corrected chi connectivity index (χ3v) is 5.64. The van der Waals surface area contributed by atoms with Crippen LogP contribution in [-0.2, 0) is 11.3 Å². The molecule has 1 fully saturated rings. The molecule has 28 heavy (non-hydrogen) atoms. The Hall–Kier alpha value is -1.63. The van der Waals surface area contributed by atoms with Crippen molar-refractivity contribution in [3.05, 3.63) is 68.7 Å². The van der Waals surface area contributed by atoms with E-state index in [1.54, 1.807) is 24.4 Å². The number of hydrogen-bond acceptors (Lipinski definition) is 4. The molecule has 2 aromatic carbocycles. The highest BCUT2D eigenvalue weighted by Crippen LogP contribution is 2.21. The highest BCUT2D eigenvalue weighted by molar-refractivity contribution is 6.42. The molecular weight excluding hydrogens is 419 g/mol. The van der Waals surface area contributed by atoms with Gasteiger partial charge in [-0.25, -0.2) is 5.43 Å². The molecule has 0 bridgehead atoms. The summed E-state index contributed by atoms with van der Waals surface area (Å²) in [7, 11) is 0. The van der Waals surface area contributed by atoms with Crippen molar-refractivity contribution in [2.75, 3.05) is 32.7 Å². The van der Waals surface area contributed by atoms with E-state index in [4.69, 9.17) is 34.8 Å². The van der Waals surface area contributed by atoms with Crippen molar-refractivity contribution in [3.8, 4) is 0 Å². The average molecular weight is 440 g/mol. The minimum atomic E-state index is -0.143. The molecule has 1 N–H and O–H groups in total. The highest BCUT2D eigenvalue weighted by atomic mass is 35.5. The zero-order valence-electron chi connectivity index (χ0n) is 15.2. The number of hydrogen-bond donors (Lipinski definition) is 1. The summed E-state index contributed by atoms with van der Waals surface area (Å²) < 4.78 is 0. The van der Waals surface area contributed by atoms with Crippen LogP contribution in [0.15, 0.2) is 47.6 Å². The molecule has 1 aliphatic heterocycles. The molecule has 1 heterocycles. The quantitative estimate of drug-likeness (QED) is 0.548. The summed E-state index contributed by atoms with van der Waals surface area (Å²) in [6, 6.07) is 13.1. The first kappa shape index (κ1) is 21.1. The van der Waals surface area contributed by atoms with Crippen molar-refractivity contribution < 1.29 is 4.79 Å². The van der Waals surface area contributed by atoms with Crippen LogP contribution in [0.5, 0.6) is 0 Å². The lowest BCUT2D eigenvalue weighted by molar-refractivity contribution is -0.122. The van der Waals surface area contributed by atoms with E-state index < -0.39 is 0 Å². The summed E-state index contributed by atoms with van der Waals surface area (Å²) in [5.41, 5.74) is 4.45. The molecule has 0 aromatic heterocycles. The standard InChI is InChI=1S/C20H21Cl3N4O/c21-17-4-2-1-3-16(17)13-26-7-9-27(10-8-26)14-20(28)25-24-12-15-5-6-18(22)19(23)11-15/h1-6,11-12H,7-10,13-14H2,(H,25,28)/b24-12+. The first-order valence-electron chi connectivity index (χ1n) is 8.96. The molecule has 0 aliphatic carbocycles. The topological polar surface area (TPSA) is 47.9 Å². The van der Waals surface area contributed by atoms with Gasteiger partial charge in [-0.15, -0.1) is 0 Å². The van der Waals surface area contributed by atoms with Gasteiger partial charge in [-0.3, -0.25) is 14.6 Å². The van der Waals surface area contributed by atoms with Gasteiger partial charge in [-0.2, -0.15) is 5.10 Å². The van der Waals surface area contributed by atoms with Crippen molar-refractivity contribution in [1.29, 1.82) is 0 Å². The fourth-order valence-corrected chi connectivity index (χ4v) is 3.49. The van der Waals surface area contributed by atoms with Crippen LogP contribution in [0.2, 0.25) is 15.1 Å². The average Bonchev–Trinajstić information content (AvgIpc) is 2.68. The van der Waals surface area contributed by atoms with Crippen LogP contribution in [0.3, 0.4) is 0 Å². The molecular formula is C20H21Cl3N4O. The number of piperazine rings is 1. The fourth-order valence-electron chi connectivity index (χ4n) is 2.98. The molecule has 1 amide bonds. The molecule has 0 radical (unpaired) electrons. The first-order chi connectivity index (χ1) is 13.5. The van der Waals surface area contributed by atoms with Gasteiger partial charge < -0.3 is 0 Å². The molecule has 0 spiro atoms. The van der Waals surface area contributed by atoms with Crippen molar-refractivity contribution in [1.82, 2.24) is 15.2 Å².